The standard InChI is InChI=1S/C40H56ClN3O12S2/c1-23-12-11-13-29(53-9)39(49)20-28(54-36(48)42-39)24(2)40-34(44(5)31(45)14-15-38(21-50-6,22-51-7)58-57-10)35(47)55-30(37(40,3)56-40)19-32(46)43(4)26-17-25(16-23)18-27(52-8)33(26)41/h11-13,17-18,24,28-30,34,49H,14-16,19-22H2,1-10H3,(H,42,48)/b13-11+,23-12+/t24-,28+,29-,30+,34+,37+,39+,40-/m1/s1. The first-order valence-electron chi connectivity index (χ1n) is 19.0. The number of nitrogens with one attached hydrogen (secondary N) is 1. The molecule has 5 rings (SSSR count). The lowest BCUT2D eigenvalue weighted by molar-refractivity contribution is -0.174. The molecule has 15 nitrogen and oxygen atoms in total. The van der Waals surface area contributed by atoms with Gasteiger partial charge in [-0.25, -0.2) is 9.59 Å². The molecule has 0 unspecified atom stereocenters. The van der Waals surface area contributed by atoms with Gasteiger partial charge in [-0.05, 0) is 50.6 Å². The van der Waals surface area contributed by atoms with Crippen molar-refractivity contribution in [1.29, 1.82) is 0 Å². The molecule has 0 aliphatic carbocycles. The van der Waals surface area contributed by atoms with Gasteiger partial charge in [0, 0.05) is 54.2 Å². The Kier molecular flexibility index (Phi) is 14.5. The van der Waals surface area contributed by atoms with E-state index in [2.05, 4.69) is 5.32 Å². The first kappa shape index (κ1) is 46.0. The van der Waals surface area contributed by atoms with Crippen molar-refractivity contribution in [3.8, 4) is 5.75 Å². The summed E-state index contributed by atoms with van der Waals surface area (Å²) in [4.78, 5) is 58.8. The van der Waals surface area contributed by atoms with Crippen LogP contribution in [-0.2, 0) is 49.2 Å². The van der Waals surface area contributed by atoms with E-state index in [-0.39, 0.29) is 30.2 Å². The molecule has 6 bridgehead atoms. The number of hydrogen-bond donors (Lipinski definition) is 2. The number of allylic oxidation sites excluding steroid dienone is 3. The van der Waals surface area contributed by atoms with Crippen LogP contribution in [0.3, 0.4) is 0 Å². The zero-order chi connectivity index (χ0) is 42.8. The Hall–Kier alpha value is -3.03. The third-order valence-corrected chi connectivity index (χ3v) is 14.8. The number of epoxide rings is 1. The second kappa shape index (κ2) is 18.3. The lowest BCUT2D eigenvalue weighted by atomic mass is 9.69. The Bertz CT molecular complexity index is 1780. The van der Waals surface area contributed by atoms with Crippen LogP contribution < -0.4 is 15.0 Å². The molecule has 3 fully saturated rings. The highest BCUT2D eigenvalue weighted by Gasteiger charge is 2.83. The van der Waals surface area contributed by atoms with Crippen molar-refractivity contribution in [2.24, 2.45) is 5.92 Å². The summed E-state index contributed by atoms with van der Waals surface area (Å²) < 4.78 is 40.4. The lowest BCUT2D eigenvalue weighted by Crippen LogP contribution is -2.68. The minimum Gasteiger partial charge on any atom is -0.495 e. The predicted octanol–water partition coefficient (Wildman–Crippen LogP) is 4.70. The van der Waals surface area contributed by atoms with Gasteiger partial charge in [0.2, 0.25) is 11.8 Å². The second-order valence-corrected chi connectivity index (χ2v) is 18.9. The number of ether oxygens (including phenoxy) is 7. The Labute approximate surface area is 353 Å². The fourth-order valence-electron chi connectivity index (χ4n) is 8.75. The topological polar surface area (TPSA) is 175 Å². The maximum atomic E-state index is 14.4. The Morgan fingerprint density at radius 1 is 1.16 bits per heavy atom. The first-order valence-corrected chi connectivity index (χ1v) is 21.9. The Morgan fingerprint density at radius 3 is 2.47 bits per heavy atom. The van der Waals surface area contributed by atoms with Crippen LogP contribution in [0, 0.1) is 5.92 Å². The maximum Gasteiger partial charge on any atom is 0.409 e. The van der Waals surface area contributed by atoms with E-state index in [0.717, 1.165) is 11.1 Å². The highest BCUT2D eigenvalue weighted by Crippen LogP contribution is 2.63. The van der Waals surface area contributed by atoms with Gasteiger partial charge in [-0.15, -0.1) is 0 Å². The predicted molar refractivity (Wildman–Crippen MR) is 221 cm³/mol. The van der Waals surface area contributed by atoms with Gasteiger partial charge >= 0.3 is 12.1 Å². The van der Waals surface area contributed by atoms with E-state index in [1.54, 1.807) is 70.2 Å². The van der Waals surface area contributed by atoms with Crippen molar-refractivity contribution >= 4 is 62.8 Å². The van der Waals surface area contributed by atoms with Gasteiger partial charge in [-0.3, -0.25) is 14.9 Å². The molecule has 0 radical (unpaired) electrons. The minimum absolute atomic E-state index is 0.0234. The average molecular weight is 870 g/mol. The number of halogens is 1. The van der Waals surface area contributed by atoms with Crippen LogP contribution in [0.25, 0.3) is 0 Å². The molecule has 0 aromatic heterocycles. The minimum atomic E-state index is -1.95. The number of esters is 1. The van der Waals surface area contributed by atoms with Crippen LogP contribution in [-0.4, -0.2) is 142 Å². The van der Waals surface area contributed by atoms with Crippen molar-refractivity contribution < 1.29 is 57.4 Å². The number of benzene rings is 1. The zero-order valence-electron chi connectivity index (χ0n) is 34.8. The van der Waals surface area contributed by atoms with Crippen molar-refractivity contribution in [2.75, 3.05) is 66.9 Å². The summed E-state index contributed by atoms with van der Waals surface area (Å²) in [7, 11) is 12.2. The van der Waals surface area contributed by atoms with Crippen LogP contribution in [0.15, 0.2) is 35.9 Å². The number of carbonyl (C=O) groups is 4. The molecule has 0 saturated carbocycles. The van der Waals surface area contributed by atoms with Crippen molar-refractivity contribution in [2.45, 2.75) is 98.9 Å². The Morgan fingerprint density at radius 2 is 1.84 bits per heavy atom. The molecular weight excluding hydrogens is 814 g/mol. The number of hydrogen-bond acceptors (Lipinski definition) is 14. The van der Waals surface area contributed by atoms with Crippen LogP contribution >= 0.6 is 33.2 Å². The number of alkyl carbamates (subject to hydrolysis) is 1. The monoisotopic (exact) mass is 869 g/mol. The summed E-state index contributed by atoms with van der Waals surface area (Å²) in [5, 5.41) is 14.8. The molecule has 4 aliphatic rings. The molecule has 3 saturated heterocycles. The smallest absolute Gasteiger partial charge is 0.409 e. The van der Waals surface area contributed by atoms with E-state index in [9.17, 15) is 24.3 Å². The van der Waals surface area contributed by atoms with Gasteiger partial charge < -0.3 is 48.1 Å². The van der Waals surface area contributed by atoms with Crippen LogP contribution in [0.4, 0.5) is 10.5 Å². The van der Waals surface area contributed by atoms with Crippen LogP contribution in [0.1, 0.15) is 52.0 Å². The van der Waals surface area contributed by atoms with E-state index < -0.39 is 69.9 Å². The quantitative estimate of drug-likeness (QED) is 0.168. The van der Waals surface area contributed by atoms with Gasteiger partial charge in [-0.1, -0.05) is 63.9 Å². The normalized spacial score (nSPS) is 32.8. The maximum absolute atomic E-state index is 14.4. The molecule has 322 valence electrons. The average Bonchev–Trinajstić information content (AvgIpc) is 3.82. The zero-order valence-corrected chi connectivity index (χ0v) is 37.1. The van der Waals surface area contributed by atoms with Gasteiger partial charge in [0.05, 0.1) is 37.2 Å². The number of carbonyl (C=O) groups excluding carboxylic acids is 4. The molecule has 8 atom stereocenters. The summed E-state index contributed by atoms with van der Waals surface area (Å²) in [6.45, 7) is 6.03. The molecule has 3 amide bonds. The second-order valence-electron chi connectivity index (χ2n) is 15.6. The fourth-order valence-corrected chi connectivity index (χ4v) is 11.5. The highest BCUT2D eigenvalue weighted by molar-refractivity contribution is 8.77. The molecule has 0 spiro atoms. The summed E-state index contributed by atoms with van der Waals surface area (Å²) in [6, 6.07) is 2.26. The van der Waals surface area contributed by atoms with Crippen molar-refractivity contribution in [3.63, 3.8) is 0 Å². The number of aliphatic hydroxyl groups is 1. The largest absolute Gasteiger partial charge is 0.495 e. The number of methoxy groups -OCH3 is 4. The molecule has 4 aliphatic heterocycles. The highest BCUT2D eigenvalue weighted by atomic mass is 35.5. The van der Waals surface area contributed by atoms with E-state index in [1.165, 1.54) is 41.9 Å². The summed E-state index contributed by atoms with van der Waals surface area (Å²) in [5.41, 5.74) is -2.73. The van der Waals surface area contributed by atoms with Crippen molar-refractivity contribution in [1.82, 2.24) is 10.2 Å². The van der Waals surface area contributed by atoms with Crippen molar-refractivity contribution in [3.05, 3.63) is 46.5 Å². The Balaban J connectivity index is 1.59. The summed E-state index contributed by atoms with van der Waals surface area (Å²) >= 11 is 6.78. The SMILES string of the molecule is COCC(CCC(=O)N(C)[C@H]1C(=O)O[C@H]2CC(=O)N(C)c3cc(cc(OC)c3Cl)C/C(C)=C/C=C/[C@@H](OC)[C@@]3(O)C[C@H](OC(=O)N3)[C@@H](C)[C@@]13O[C@@]23C)(COC)SSC. The number of fused-ring (bicyclic) bond motifs is 4. The number of amides is 3. The van der Waals surface area contributed by atoms with Gasteiger partial charge in [0.1, 0.15) is 40.3 Å². The number of rotatable bonds is 12. The van der Waals surface area contributed by atoms with E-state index in [0.29, 0.717) is 37.5 Å². The number of anilines is 1. The third-order valence-electron chi connectivity index (χ3n) is 11.9. The third kappa shape index (κ3) is 8.74. The van der Waals surface area contributed by atoms with E-state index in [4.69, 9.17) is 44.8 Å². The van der Waals surface area contributed by atoms with E-state index >= 15 is 0 Å². The summed E-state index contributed by atoms with van der Waals surface area (Å²) in [6.07, 6.45) is 3.38. The molecular formula is C40H56ClN3O12S2. The van der Waals surface area contributed by atoms with Crippen LogP contribution in [0.5, 0.6) is 5.75 Å². The van der Waals surface area contributed by atoms with E-state index in [1.807, 2.05) is 19.3 Å². The first-order chi connectivity index (χ1) is 27.4. The van der Waals surface area contributed by atoms with Gasteiger partial charge in [-0.2, -0.15) is 0 Å². The molecule has 2 N–H and O–H groups in total. The van der Waals surface area contributed by atoms with Gasteiger partial charge in [0.25, 0.3) is 0 Å². The molecule has 1 aromatic carbocycles. The van der Waals surface area contributed by atoms with Crippen LogP contribution in [0.2, 0.25) is 5.02 Å². The number of likely N-dealkylation sites (N-methyl/N-ethyl adjacent to an activating group) is 1. The number of nitrogens with zero attached hydrogens (tertiary/aromatic N) is 2. The van der Waals surface area contributed by atoms with Gasteiger partial charge in [0.15, 0.2) is 11.8 Å². The summed E-state index contributed by atoms with van der Waals surface area (Å²) in [5.74, 6) is -2.07. The molecule has 18 heteroatoms. The lowest BCUT2D eigenvalue weighted by Gasteiger charge is -2.46. The molecule has 58 heavy (non-hydrogen) atoms. The molecule has 4 heterocycles. The fraction of sp³-hybridized carbons (Fsp3) is 0.650. The molecule has 1 aromatic rings.